The number of nitriles is 1. The van der Waals surface area contributed by atoms with Gasteiger partial charge in [0.15, 0.2) is 11.5 Å². The van der Waals surface area contributed by atoms with Gasteiger partial charge in [0.2, 0.25) is 5.75 Å². The van der Waals surface area contributed by atoms with Crippen molar-refractivity contribution in [2.45, 2.75) is 0 Å². The molecule has 0 amide bonds. The van der Waals surface area contributed by atoms with E-state index in [4.69, 9.17) is 25.8 Å². The van der Waals surface area contributed by atoms with Crippen molar-refractivity contribution in [1.82, 2.24) is 4.98 Å². The summed E-state index contributed by atoms with van der Waals surface area (Å²) in [6, 6.07) is 13.1. The van der Waals surface area contributed by atoms with Crippen LogP contribution in [0.4, 0.5) is 5.69 Å². The zero-order valence-electron chi connectivity index (χ0n) is 16.0. The number of hydrogen-bond donors (Lipinski definition) is 1. The number of anilines is 1. The normalized spacial score (nSPS) is 10.9. The number of methoxy groups -OCH3 is 3. The van der Waals surface area contributed by atoms with Crippen molar-refractivity contribution in [3.63, 3.8) is 0 Å². The maximum atomic E-state index is 9.58. The topological polar surface area (TPSA) is 76.4 Å². The highest BCUT2D eigenvalue weighted by molar-refractivity contribution is 7.11. The van der Waals surface area contributed by atoms with E-state index in [-0.39, 0.29) is 0 Å². The molecule has 1 aromatic heterocycles. The molecule has 0 spiro atoms. The lowest BCUT2D eigenvalue weighted by atomic mass is 10.2. The van der Waals surface area contributed by atoms with Crippen LogP contribution in [0.2, 0.25) is 5.02 Å². The molecule has 1 N–H and O–H groups in total. The second-order valence-electron chi connectivity index (χ2n) is 5.77. The van der Waals surface area contributed by atoms with Gasteiger partial charge in [0.05, 0.1) is 27.0 Å². The number of ether oxygens (including phenoxy) is 3. The van der Waals surface area contributed by atoms with Crippen LogP contribution in [0, 0.1) is 11.3 Å². The van der Waals surface area contributed by atoms with Crippen LogP contribution in [0.15, 0.2) is 48.0 Å². The Kier molecular flexibility index (Phi) is 6.60. The average Bonchev–Trinajstić information content (AvgIpc) is 3.23. The van der Waals surface area contributed by atoms with E-state index in [1.54, 1.807) is 39.7 Å². The van der Waals surface area contributed by atoms with E-state index in [1.807, 2.05) is 29.6 Å². The molecule has 3 rings (SSSR count). The number of nitrogens with zero attached hydrogens (tertiary/aromatic N) is 2. The fraction of sp³-hybridized carbons (Fsp3) is 0.143. The second-order valence-corrected chi connectivity index (χ2v) is 7.07. The molecule has 0 radical (unpaired) electrons. The van der Waals surface area contributed by atoms with Crippen LogP contribution < -0.4 is 19.5 Å². The molecule has 0 fully saturated rings. The summed E-state index contributed by atoms with van der Waals surface area (Å²) in [7, 11) is 4.64. The van der Waals surface area contributed by atoms with E-state index < -0.39 is 0 Å². The molecular weight excluding hydrogens is 410 g/mol. The Balaban J connectivity index is 1.86. The third kappa shape index (κ3) is 4.62. The first kappa shape index (κ1) is 20.5. The quantitative estimate of drug-likeness (QED) is 0.504. The number of allylic oxidation sites excluding steroid dienone is 1. The molecule has 2 aromatic carbocycles. The lowest BCUT2D eigenvalue weighted by Gasteiger charge is -2.14. The van der Waals surface area contributed by atoms with Crippen molar-refractivity contribution in [3.05, 3.63) is 58.0 Å². The molecule has 0 saturated carbocycles. The minimum absolute atomic E-state index is 0.406. The summed E-state index contributed by atoms with van der Waals surface area (Å²) in [4.78, 5) is 4.56. The van der Waals surface area contributed by atoms with Crippen LogP contribution in [-0.2, 0) is 0 Å². The van der Waals surface area contributed by atoms with E-state index in [1.165, 1.54) is 11.3 Å². The molecule has 1 heterocycles. The zero-order valence-corrected chi connectivity index (χ0v) is 17.6. The molecule has 8 heteroatoms. The highest BCUT2D eigenvalue weighted by Gasteiger charge is 2.13. The Hall–Kier alpha value is -3.21. The largest absolute Gasteiger partial charge is 0.493 e. The molecule has 6 nitrogen and oxygen atoms in total. The predicted octanol–water partition coefficient (Wildman–Crippen LogP) is 5.47. The third-order valence-corrected chi connectivity index (χ3v) is 5.17. The van der Waals surface area contributed by atoms with Gasteiger partial charge in [-0.1, -0.05) is 23.7 Å². The number of hydrogen-bond acceptors (Lipinski definition) is 7. The number of thiazole rings is 1. The Morgan fingerprint density at radius 2 is 1.76 bits per heavy atom. The second kappa shape index (κ2) is 9.32. The van der Waals surface area contributed by atoms with Crippen molar-refractivity contribution >= 4 is 34.2 Å². The first-order valence-corrected chi connectivity index (χ1v) is 9.74. The smallest absolute Gasteiger partial charge is 0.203 e. The molecule has 29 heavy (non-hydrogen) atoms. The maximum absolute atomic E-state index is 9.58. The van der Waals surface area contributed by atoms with Gasteiger partial charge in [-0.15, -0.1) is 11.3 Å². The summed E-state index contributed by atoms with van der Waals surface area (Å²) in [5.41, 5.74) is 2.81. The van der Waals surface area contributed by atoms with Gasteiger partial charge >= 0.3 is 0 Å². The van der Waals surface area contributed by atoms with E-state index in [9.17, 15) is 5.26 Å². The predicted molar refractivity (Wildman–Crippen MR) is 116 cm³/mol. The highest BCUT2D eigenvalue weighted by atomic mass is 35.5. The van der Waals surface area contributed by atoms with Crippen molar-refractivity contribution in [3.8, 4) is 34.6 Å². The number of nitrogens with one attached hydrogen (secondary N) is 1. The van der Waals surface area contributed by atoms with Gasteiger partial charge in [-0.2, -0.15) is 5.26 Å². The molecule has 0 saturated heterocycles. The number of halogens is 1. The molecule has 3 aromatic rings. The molecule has 0 aliphatic carbocycles. The lowest BCUT2D eigenvalue weighted by Crippen LogP contribution is -1.98. The van der Waals surface area contributed by atoms with Crippen LogP contribution in [-0.4, -0.2) is 26.3 Å². The van der Waals surface area contributed by atoms with E-state index in [0.29, 0.717) is 38.5 Å². The maximum Gasteiger partial charge on any atom is 0.203 e. The summed E-state index contributed by atoms with van der Waals surface area (Å²) < 4.78 is 16.0. The van der Waals surface area contributed by atoms with E-state index >= 15 is 0 Å². The van der Waals surface area contributed by atoms with Crippen LogP contribution >= 0.6 is 22.9 Å². The van der Waals surface area contributed by atoms with Gasteiger partial charge in [0, 0.05) is 40.0 Å². The number of benzene rings is 2. The third-order valence-electron chi connectivity index (χ3n) is 4.04. The first-order chi connectivity index (χ1) is 14.1. The lowest BCUT2D eigenvalue weighted by molar-refractivity contribution is 0.324. The van der Waals surface area contributed by atoms with E-state index in [2.05, 4.69) is 16.4 Å². The molecule has 148 valence electrons. The van der Waals surface area contributed by atoms with E-state index in [0.717, 1.165) is 11.3 Å². The summed E-state index contributed by atoms with van der Waals surface area (Å²) in [6.07, 6.45) is 1.60. The molecule has 0 atom stereocenters. The summed E-state index contributed by atoms with van der Waals surface area (Å²) in [5, 5.41) is 15.9. The number of aromatic nitrogens is 1. The van der Waals surface area contributed by atoms with Crippen molar-refractivity contribution < 1.29 is 14.2 Å². The fourth-order valence-electron chi connectivity index (χ4n) is 2.61. The minimum Gasteiger partial charge on any atom is -0.493 e. The van der Waals surface area contributed by atoms with Gasteiger partial charge < -0.3 is 19.5 Å². The molecular formula is C21H18ClN3O3S. The summed E-state index contributed by atoms with van der Waals surface area (Å²) in [5.74, 6) is 1.53. The molecule has 0 aliphatic heterocycles. The SMILES string of the molecule is COc1cc(N/C=C(\C#N)c2nc(-c3ccc(Cl)cc3)cs2)cc(OC)c1OC. The Morgan fingerprint density at radius 3 is 2.31 bits per heavy atom. The van der Waals surface area contributed by atoms with Gasteiger partial charge in [0.25, 0.3) is 0 Å². The Labute approximate surface area is 177 Å². The summed E-state index contributed by atoms with van der Waals surface area (Å²) >= 11 is 7.33. The Morgan fingerprint density at radius 1 is 1.10 bits per heavy atom. The highest BCUT2D eigenvalue weighted by Crippen LogP contribution is 2.40. The van der Waals surface area contributed by atoms with Crippen molar-refractivity contribution in [2.75, 3.05) is 26.6 Å². The van der Waals surface area contributed by atoms with Gasteiger partial charge in [-0.05, 0) is 12.1 Å². The zero-order chi connectivity index (χ0) is 20.8. The minimum atomic E-state index is 0.406. The van der Waals surface area contributed by atoms with Crippen molar-refractivity contribution in [2.24, 2.45) is 0 Å². The van der Waals surface area contributed by atoms with Gasteiger partial charge in [-0.3, -0.25) is 0 Å². The standard InChI is InChI=1S/C21H18ClN3O3S/c1-26-18-8-16(9-19(27-2)20(18)28-3)24-11-14(10-23)21-25-17(12-29-21)13-4-6-15(22)7-5-13/h4-9,11-12,24H,1-3H3/b14-11+. The monoisotopic (exact) mass is 427 g/mol. The van der Waals surface area contributed by atoms with Crippen LogP contribution in [0.5, 0.6) is 17.2 Å². The molecule has 0 bridgehead atoms. The van der Waals surface area contributed by atoms with Gasteiger partial charge in [-0.25, -0.2) is 4.98 Å². The van der Waals surface area contributed by atoms with Crippen molar-refractivity contribution in [1.29, 1.82) is 5.26 Å². The van der Waals surface area contributed by atoms with Crippen LogP contribution in [0.25, 0.3) is 16.8 Å². The number of rotatable bonds is 7. The van der Waals surface area contributed by atoms with Crippen LogP contribution in [0.1, 0.15) is 5.01 Å². The first-order valence-electron chi connectivity index (χ1n) is 8.48. The van der Waals surface area contributed by atoms with Crippen LogP contribution in [0.3, 0.4) is 0 Å². The van der Waals surface area contributed by atoms with Gasteiger partial charge in [0.1, 0.15) is 16.6 Å². The summed E-state index contributed by atoms with van der Waals surface area (Å²) in [6.45, 7) is 0. The fourth-order valence-corrected chi connectivity index (χ4v) is 3.53. The molecule has 0 aliphatic rings. The Bertz CT molecular complexity index is 1050. The average molecular weight is 428 g/mol. The molecule has 0 unspecified atom stereocenters.